The molecule has 3 aromatic carbocycles. The number of nitrogens with one attached hydrogen (secondary N) is 1. The van der Waals surface area contributed by atoms with Crippen LogP contribution in [0, 0.1) is 5.82 Å². The van der Waals surface area contributed by atoms with Gasteiger partial charge in [-0.05, 0) is 60.4 Å². The van der Waals surface area contributed by atoms with Crippen molar-refractivity contribution in [2.75, 3.05) is 0 Å². The molecule has 1 amide bonds. The number of rotatable bonds is 3. The van der Waals surface area contributed by atoms with Crippen LogP contribution in [0.3, 0.4) is 0 Å². The largest absolute Gasteiger partial charge is 0.354 e. The lowest BCUT2D eigenvalue weighted by molar-refractivity contribution is 0.0614. The number of fused-ring (bicyclic) bond motifs is 2. The van der Waals surface area contributed by atoms with Crippen LogP contribution in [0.5, 0.6) is 0 Å². The van der Waals surface area contributed by atoms with E-state index < -0.39 is 0 Å². The van der Waals surface area contributed by atoms with Crippen molar-refractivity contribution >= 4 is 16.8 Å². The minimum Gasteiger partial charge on any atom is -0.354 e. The van der Waals surface area contributed by atoms with Crippen molar-refractivity contribution in [3.63, 3.8) is 0 Å². The smallest absolute Gasteiger partial charge is 0.255 e. The van der Waals surface area contributed by atoms with Crippen molar-refractivity contribution < 1.29 is 9.18 Å². The molecule has 3 nitrogen and oxygen atoms in total. The summed E-state index contributed by atoms with van der Waals surface area (Å²) in [7, 11) is 0. The summed E-state index contributed by atoms with van der Waals surface area (Å²) in [5.41, 5.74) is 5.90. The van der Waals surface area contributed by atoms with Gasteiger partial charge in [0.05, 0.1) is 11.7 Å². The number of H-pyrrole nitrogens is 1. The highest BCUT2D eigenvalue weighted by Crippen LogP contribution is 2.47. The molecule has 0 radical (unpaired) electrons. The van der Waals surface area contributed by atoms with E-state index in [1.165, 1.54) is 18.6 Å². The number of aromatic nitrogens is 1. The van der Waals surface area contributed by atoms with Crippen molar-refractivity contribution in [1.29, 1.82) is 0 Å². The number of aromatic amines is 1. The second kappa shape index (κ2) is 7.63. The van der Waals surface area contributed by atoms with Gasteiger partial charge in [0.2, 0.25) is 0 Å². The van der Waals surface area contributed by atoms with Gasteiger partial charge in [0, 0.05) is 28.1 Å². The summed E-state index contributed by atoms with van der Waals surface area (Å²) in [6.07, 6.45) is 5.66. The number of nitrogens with zero attached hydrogens (tertiary/aromatic N) is 1. The first-order chi connectivity index (χ1) is 15.7. The van der Waals surface area contributed by atoms with Gasteiger partial charge in [-0.2, -0.15) is 0 Å². The van der Waals surface area contributed by atoms with E-state index in [2.05, 4.69) is 28.1 Å². The SMILES string of the molecule is O=C1c2ccccc2[C@H](c2c(-c3ccc(F)cc3)[nH]c3ccccc23)N1C1CCCCC1. The Morgan fingerprint density at radius 3 is 2.38 bits per heavy atom. The summed E-state index contributed by atoms with van der Waals surface area (Å²) >= 11 is 0. The topological polar surface area (TPSA) is 36.1 Å². The molecule has 0 unspecified atom stereocenters. The maximum atomic E-state index is 13.7. The lowest BCUT2D eigenvalue weighted by Crippen LogP contribution is -2.40. The molecule has 1 atom stereocenters. The van der Waals surface area contributed by atoms with E-state index in [1.54, 1.807) is 0 Å². The third kappa shape index (κ3) is 2.97. The van der Waals surface area contributed by atoms with Gasteiger partial charge in [0.25, 0.3) is 5.91 Å². The number of halogens is 1. The fourth-order valence-corrected chi connectivity index (χ4v) is 5.66. The average Bonchev–Trinajstić information content (AvgIpc) is 3.35. The number of amides is 1. The van der Waals surface area contributed by atoms with Crippen LogP contribution in [0.2, 0.25) is 0 Å². The third-order valence-electron chi connectivity index (χ3n) is 7.12. The molecule has 1 aromatic heterocycles. The highest BCUT2D eigenvalue weighted by molar-refractivity contribution is 6.02. The molecular weight excluding hydrogens is 399 g/mol. The zero-order valence-electron chi connectivity index (χ0n) is 17.9. The minimum atomic E-state index is -0.253. The second-order valence-corrected chi connectivity index (χ2v) is 8.96. The van der Waals surface area contributed by atoms with Crippen molar-refractivity contribution in [1.82, 2.24) is 9.88 Å². The number of hydrogen-bond acceptors (Lipinski definition) is 1. The first-order valence-electron chi connectivity index (χ1n) is 11.5. The molecule has 0 spiro atoms. The molecule has 1 N–H and O–H groups in total. The summed E-state index contributed by atoms with van der Waals surface area (Å²) in [4.78, 5) is 19.4. The van der Waals surface area contributed by atoms with Crippen molar-refractivity contribution in [3.8, 4) is 11.3 Å². The predicted octanol–water partition coefficient (Wildman–Crippen LogP) is 6.85. The van der Waals surface area contributed by atoms with Gasteiger partial charge >= 0.3 is 0 Å². The standard InChI is InChI=1S/C28H25FN2O/c29-19-16-14-18(15-17-19)26-25(23-12-6-7-13-24(23)30-26)27-21-10-4-5-11-22(21)28(32)31(27)20-8-2-1-3-9-20/h4-7,10-17,20,27,30H,1-3,8-9H2/t27-/m1/s1. The van der Waals surface area contributed by atoms with Crippen LogP contribution in [0.1, 0.15) is 59.6 Å². The van der Waals surface area contributed by atoms with Crippen LogP contribution in [0.4, 0.5) is 4.39 Å². The first kappa shape index (κ1) is 19.3. The molecule has 1 aliphatic carbocycles. The Hall–Kier alpha value is -3.40. The Labute approximate surface area is 186 Å². The lowest BCUT2D eigenvalue weighted by atomic mass is 9.89. The van der Waals surface area contributed by atoms with E-state index in [1.807, 2.05) is 42.5 Å². The molecule has 1 saturated carbocycles. The quantitative estimate of drug-likeness (QED) is 0.383. The fraction of sp³-hybridized carbons (Fsp3) is 0.250. The summed E-state index contributed by atoms with van der Waals surface area (Å²) in [5, 5.41) is 1.11. The van der Waals surface area contributed by atoms with Gasteiger partial charge < -0.3 is 9.88 Å². The maximum Gasteiger partial charge on any atom is 0.255 e. The average molecular weight is 425 g/mol. The third-order valence-corrected chi connectivity index (χ3v) is 7.12. The fourth-order valence-electron chi connectivity index (χ4n) is 5.66. The molecule has 4 heteroatoms. The van der Waals surface area contributed by atoms with E-state index in [0.29, 0.717) is 0 Å². The molecule has 0 saturated heterocycles. The van der Waals surface area contributed by atoms with Crippen LogP contribution >= 0.6 is 0 Å². The number of benzene rings is 3. The van der Waals surface area contributed by atoms with Crippen molar-refractivity contribution in [2.24, 2.45) is 0 Å². The van der Waals surface area contributed by atoms with Crippen LogP contribution in [0.15, 0.2) is 72.8 Å². The van der Waals surface area contributed by atoms with Gasteiger partial charge in [-0.25, -0.2) is 4.39 Å². The van der Waals surface area contributed by atoms with Crippen LogP contribution in [0.25, 0.3) is 22.2 Å². The van der Waals surface area contributed by atoms with E-state index in [-0.39, 0.29) is 23.8 Å². The molecule has 4 aromatic rings. The van der Waals surface area contributed by atoms with E-state index >= 15 is 0 Å². The van der Waals surface area contributed by atoms with E-state index in [0.717, 1.165) is 64.5 Å². The molecule has 6 rings (SSSR count). The Balaban J connectivity index is 1.61. The Morgan fingerprint density at radius 1 is 0.844 bits per heavy atom. The molecule has 160 valence electrons. The van der Waals surface area contributed by atoms with E-state index in [4.69, 9.17) is 0 Å². The van der Waals surface area contributed by atoms with Gasteiger partial charge in [-0.3, -0.25) is 4.79 Å². The zero-order chi connectivity index (χ0) is 21.7. The minimum absolute atomic E-state index is 0.132. The molecule has 2 heterocycles. The van der Waals surface area contributed by atoms with Crippen molar-refractivity contribution in [2.45, 2.75) is 44.2 Å². The summed E-state index contributed by atoms with van der Waals surface area (Å²) in [6.45, 7) is 0. The Morgan fingerprint density at radius 2 is 1.56 bits per heavy atom. The normalized spacial score (nSPS) is 19.0. The van der Waals surface area contributed by atoms with Crippen LogP contribution < -0.4 is 0 Å². The van der Waals surface area contributed by atoms with Crippen LogP contribution in [-0.2, 0) is 0 Å². The summed E-state index contributed by atoms with van der Waals surface area (Å²) in [5.74, 6) is -0.121. The molecule has 2 aliphatic rings. The molecule has 0 bridgehead atoms. The Bertz CT molecular complexity index is 1300. The van der Waals surface area contributed by atoms with Crippen molar-refractivity contribution in [3.05, 3.63) is 95.3 Å². The lowest BCUT2D eigenvalue weighted by Gasteiger charge is -2.36. The van der Waals surface area contributed by atoms with Gasteiger partial charge in [0.15, 0.2) is 0 Å². The van der Waals surface area contributed by atoms with Gasteiger partial charge in [0.1, 0.15) is 5.82 Å². The van der Waals surface area contributed by atoms with Crippen LogP contribution in [-0.4, -0.2) is 21.8 Å². The first-order valence-corrected chi connectivity index (χ1v) is 11.5. The number of carbonyl (C=O) groups excluding carboxylic acids is 1. The molecule has 1 fully saturated rings. The van der Waals surface area contributed by atoms with Gasteiger partial charge in [-0.1, -0.05) is 55.7 Å². The monoisotopic (exact) mass is 424 g/mol. The molecule has 1 aliphatic heterocycles. The number of hydrogen-bond donors (Lipinski definition) is 1. The van der Waals surface area contributed by atoms with Gasteiger partial charge in [-0.15, -0.1) is 0 Å². The highest BCUT2D eigenvalue weighted by atomic mass is 19.1. The zero-order valence-corrected chi connectivity index (χ0v) is 17.9. The summed E-state index contributed by atoms with van der Waals surface area (Å²) < 4.78 is 13.7. The second-order valence-electron chi connectivity index (χ2n) is 8.96. The number of para-hydroxylation sites is 1. The molecule has 32 heavy (non-hydrogen) atoms. The van der Waals surface area contributed by atoms with E-state index in [9.17, 15) is 9.18 Å². The Kier molecular flexibility index (Phi) is 4.60. The predicted molar refractivity (Wildman–Crippen MR) is 125 cm³/mol. The summed E-state index contributed by atoms with van der Waals surface area (Å²) in [6, 6.07) is 23.0. The highest BCUT2D eigenvalue weighted by Gasteiger charge is 2.43. The maximum absolute atomic E-state index is 13.7. The molecular formula is C28H25FN2O. The number of carbonyl (C=O) groups is 1.